The highest BCUT2D eigenvalue weighted by Crippen LogP contribution is 2.50. The van der Waals surface area contributed by atoms with Gasteiger partial charge in [-0.05, 0) is 212 Å². The van der Waals surface area contributed by atoms with Gasteiger partial charge in [-0.15, -0.1) is 0 Å². The van der Waals surface area contributed by atoms with Crippen molar-refractivity contribution in [3.05, 3.63) is 207 Å². The van der Waals surface area contributed by atoms with Gasteiger partial charge < -0.3 is 56.8 Å². The van der Waals surface area contributed by atoms with Gasteiger partial charge in [0.15, 0.2) is 0 Å². The lowest BCUT2D eigenvalue weighted by Gasteiger charge is -2.35. The molecular weight excluding hydrogens is 1390 g/mol. The van der Waals surface area contributed by atoms with Crippen molar-refractivity contribution in [2.75, 3.05) is 82.3 Å². The minimum atomic E-state index is -0.129. The molecule has 2 saturated carbocycles. The molecule has 12 nitrogen and oxygen atoms in total. The van der Waals surface area contributed by atoms with E-state index in [2.05, 4.69) is 201 Å². The van der Waals surface area contributed by atoms with E-state index in [1.165, 1.54) is 80.9 Å². The Morgan fingerprint density at radius 3 is 1.06 bits per heavy atom. The highest BCUT2D eigenvalue weighted by molar-refractivity contribution is 5.68. The van der Waals surface area contributed by atoms with E-state index in [4.69, 9.17) is 56.8 Å². The van der Waals surface area contributed by atoms with E-state index in [0.717, 1.165) is 109 Å². The molecule has 0 heterocycles. The fourth-order valence-electron chi connectivity index (χ4n) is 15.6. The molecule has 112 heavy (non-hydrogen) atoms. The molecule has 620 valence electrons. The molecule has 0 bridgehead atoms. The quantitative estimate of drug-likeness (QED) is 0.0346. The van der Waals surface area contributed by atoms with Crippen molar-refractivity contribution >= 4 is 6.08 Å². The van der Waals surface area contributed by atoms with Gasteiger partial charge in [0.1, 0.15) is 74.1 Å². The van der Waals surface area contributed by atoms with Crippen molar-refractivity contribution in [2.24, 2.45) is 22.7 Å². The molecule has 0 amide bonds. The Kier molecular flexibility index (Phi) is 40.1. The summed E-state index contributed by atoms with van der Waals surface area (Å²) in [5.41, 5.74) is 14.9. The standard InChI is InChI=1S/C37H54O4.C31H48O4.C30H38O4.2CH4/c1-7-27-25-32(34(38-5)28-15-11-9-12-16-28)36(33(26-27)35(39-6)29-17-13-10-14-18-29)41-24-23-40-31-21-19-30(20-22-31)37(3,4)8-2;1-12-22(3)23-13-15-24(16-14-23)34-17-18-35-27-25(28(32-10)30(4,5)6)19-21(2)20-26(27)29(33-11)31(7,8)9;1-7-21(2)24-13-15-27(16-14-24)33-17-18-34-30-28(22(3)31-5)19-26(20-29(30)23(4)32-6)25-11-9-8-10-12-25;;/h7,19-22,25-26,28-29,34-35H,1,8-18,23-24H2,2-6H3;13-16,19-20,22,28-29H,12,17-18H2,1-11H3;8-16,19-23H,7,17-18H2,1-6H3;2*1H4. The average molecular weight is 1540 g/mol. The lowest BCUT2D eigenvalue weighted by atomic mass is 9.79. The largest absolute Gasteiger partial charge is 0.490 e. The number of hydrogen-bond acceptors (Lipinski definition) is 12. The second-order valence-electron chi connectivity index (χ2n) is 33.3. The summed E-state index contributed by atoms with van der Waals surface area (Å²) in [5, 5.41) is 0. The van der Waals surface area contributed by atoms with Crippen LogP contribution in [0.1, 0.15) is 312 Å². The number of aryl methyl sites for hydroxylation is 1. The number of rotatable bonds is 37. The van der Waals surface area contributed by atoms with Crippen LogP contribution in [0.5, 0.6) is 34.5 Å². The van der Waals surface area contributed by atoms with Gasteiger partial charge in [-0.1, -0.05) is 228 Å². The molecule has 2 aliphatic rings. The van der Waals surface area contributed by atoms with Crippen LogP contribution in [0, 0.1) is 29.6 Å². The highest BCUT2D eigenvalue weighted by Gasteiger charge is 2.37. The maximum absolute atomic E-state index is 6.71. The predicted octanol–water partition coefficient (Wildman–Crippen LogP) is 27.5. The van der Waals surface area contributed by atoms with Crippen molar-refractivity contribution in [3.63, 3.8) is 0 Å². The molecule has 8 unspecified atom stereocenters. The summed E-state index contributed by atoms with van der Waals surface area (Å²) in [6.45, 7) is 41.8. The van der Waals surface area contributed by atoms with Crippen LogP contribution in [0.2, 0.25) is 0 Å². The van der Waals surface area contributed by atoms with Crippen LogP contribution in [0.25, 0.3) is 17.2 Å². The number of methoxy groups -OCH3 is 6. The van der Waals surface area contributed by atoms with Crippen molar-refractivity contribution in [2.45, 2.75) is 263 Å². The Balaban J connectivity index is 0.000000299. The van der Waals surface area contributed by atoms with Crippen LogP contribution in [0.15, 0.2) is 146 Å². The van der Waals surface area contributed by atoms with Crippen LogP contribution in [0.3, 0.4) is 0 Å². The molecule has 2 fully saturated rings. The third-order valence-corrected chi connectivity index (χ3v) is 22.9. The van der Waals surface area contributed by atoms with Crippen molar-refractivity contribution in [1.29, 1.82) is 0 Å². The highest BCUT2D eigenvalue weighted by atomic mass is 16.5. The van der Waals surface area contributed by atoms with Gasteiger partial charge >= 0.3 is 0 Å². The number of ether oxygens (including phenoxy) is 12. The zero-order chi connectivity index (χ0) is 80.1. The Bertz CT molecular complexity index is 3680. The van der Waals surface area contributed by atoms with E-state index in [1.807, 2.05) is 76.6 Å². The third-order valence-electron chi connectivity index (χ3n) is 22.9. The summed E-state index contributed by atoms with van der Waals surface area (Å²) >= 11 is 0. The maximum atomic E-state index is 6.71. The average Bonchev–Trinajstić information content (AvgIpc) is 0.786. The van der Waals surface area contributed by atoms with Gasteiger partial charge in [0, 0.05) is 76.0 Å². The Labute approximate surface area is 680 Å². The molecule has 9 rings (SSSR count). The third kappa shape index (κ3) is 27.0. The number of hydrogen-bond donors (Lipinski definition) is 0. The van der Waals surface area contributed by atoms with Gasteiger partial charge in [-0.25, -0.2) is 0 Å². The second kappa shape index (κ2) is 47.0. The lowest BCUT2D eigenvalue weighted by molar-refractivity contribution is 0.00570. The monoisotopic (exact) mass is 1540 g/mol. The molecule has 0 spiro atoms. The molecular formula is C100H148O12. The molecule has 12 heteroatoms. The normalized spacial score (nSPS) is 15.7. The van der Waals surface area contributed by atoms with E-state index < -0.39 is 0 Å². The van der Waals surface area contributed by atoms with E-state index in [-0.39, 0.29) is 67.7 Å². The van der Waals surface area contributed by atoms with Gasteiger partial charge in [0.25, 0.3) is 0 Å². The van der Waals surface area contributed by atoms with Crippen LogP contribution in [-0.4, -0.2) is 82.3 Å². The first-order valence-electron chi connectivity index (χ1n) is 41.1. The molecule has 7 aromatic rings. The number of benzene rings is 7. The summed E-state index contributed by atoms with van der Waals surface area (Å²) in [6, 6.07) is 48.8. The molecule has 2 aliphatic carbocycles. The second-order valence-corrected chi connectivity index (χ2v) is 33.3. The zero-order valence-electron chi connectivity index (χ0n) is 71.7. The molecule has 8 atom stereocenters. The molecule has 0 saturated heterocycles. The molecule has 0 aliphatic heterocycles. The fraction of sp³-hybridized carbons (Fsp3) is 0.560. The van der Waals surface area contributed by atoms with Gasteiger partial charge in [0.05, 0.1) is 36.6 Å². The topological polar surface area (TPSA) is 111 Å². The Morgan fingerprint density at radius 1 is 0.393 bits per heavy atom. The predicted molar refractivity (Wildman–Crippen MR) is 468 cm³/mol. The summed E-state index contributed by atoms with van der Waals surface area (Å²) in [5.74, 6) is 7.25. The fourth-order valence-corrected chi connectivity index (χ4v) is 15.6. The first-order valence-corrected chi connectivity index (χ1v) is 41.1. The zero-order valence-corrected chi connectivity index (χ0v) is 71.7. The lowest BCUT2D eigenvalue weighted by Crippen LogP contribution is -2.25. The Morgan fingerprint density at radius 2 is 0.741 bits per heavy atom. The van der Waals surface area contributed by atoms with E-state index in [0.29, 0.717) is 63.3 Å². The van der Waals surface area contributed by atoms with Crippen molar-refractivity contribution < 1.29 is 56.8 Å². The van der Waals surface area contributed by atoms with Crippen molar-refractivity contribution in [1.82, 2.24) is 0 Å². The van der Waals surface area contributed by atoms with Crippen LogP contribution in [0.4, 0.5) is 0 Å². The molecule has 0 aromatic heterocycles. The smallest absolute Gasteiger partial charge is 0.131 e. The molecule has 0 N–H and O–H groups in total. The summed E-state index contributed by atoms with van der Waals surface area (Å²) in [6.07, 6.45) is 17.2. The van der Waals surface area contributed by atoms with Gasteiger partial charge in [-0.2, -0.15) is 0 Å². The maximum Gasteiger partial charge on any atom is 0.131 e. The molecule has 7 aromatic carbocycles. The molecule has 0 radical (unpaired) electrons. The van der Waals surface area contributed by atoms with E-state index >= 15 is 0 Å². The van der Waals surface area contributed by atoms with Crippen LogP contribution in [-0.2, 0) is 33.8 Å². The van der Waals surface area contributed by atoms with Gasteiger partial charge in [-0.3, -0.25) is 0 Å². The van der Waals surface area contributed by atoms with Gasteiger partial charge in [0.2, 0.25) is 0 Å². The van der Waals surface area contributed by atoms with Crippen molar-refractivity contribution in [3.8, 4) is 45.6 Å². The Hall–Kier alpha value is -7.16. The first kappa shape index (κ1) is 95.4. The van der Waals surface area contributed by atoms with Crippen LogP contribution >= 0.6 is 0 Å². The first-order chi connectivity index (χ1) is 52.7. The SMILES string of the molecule is C.C.C=Cc1cc(C(OC)C2CCCCC2)c(OCCOc2ccc(C(C)(C)CC)cc2)c(C(OC)C2CCCCC2)c1.CCC(C)c1ccc(OCCOc2c(C(C)OC)cc(-c3ccccc3)cc2C(C)OC)cc1.CCC(C)c1ccc(OCCOc2c(C(OC)C(C)(C)C)cc(C)cc2C(OC)C(C)(C)C)cc1. The van der Waals surface area contributed by atoms with Crippen LogP contribution < -0.4 is 28.4 Å². The summed E-state index contributed by atoms with van der Waals surface area (Å²) in [7, 11) is 10.7. The summed E-state index contributed by atoms with van der Waals surface area (Å²) < 4.78 is 73.6. The minimum absolute atomic E-state index is 0. The van der Waals surface area contributed by atoms with E-state index in [1.54, 1.807) is 28.4 Å². The summed E-state index contributed by atoms with van der Waals surface area (Å²) in [4.78, 5) is 0. The van der Waals surface area contributed by atoms with E-state index in [9.17, 15) is 0 Å². The minimum Gasteiger partial charge on any atom is -0.490 e.